The number of hydrogen-bond donors (Lipinski definition) is 0. The maximum Gasteiger partial charge on any atom is 0.307 e. The van der Waals surface area contributed by atoms with Crippen LogP contribution in [0.5, 0.6) is 0 Å². The number of carbonyl (C=O) groups excluding carboxylic acids is 2. The second-order valence-corrected chi connectivity index (χ2v) is 10.0. The molecule has 6 heteroatoms. The molecule has 0 rings (SSSR count). The summed E-state index contributed by atoms with van der Waals surface area (Å²) in [6.07, 6.45) is 12.7. The minimum Gasteiger partial charge on any atom is -0.466 e. The van der Waals surface area contributed by atoms with Gasteiger partial charge in [0.2, 0.25) is 0 Å². The van der Waals surface area contributed by atoms with Gasteiger partial charge in [-0.1, -0.05) is 84.7 Å². The van der Waals surface area contributed by atoms with Crippen molar-refractivity contribution in [3.63, 3.8) is 0 Å². The lowest BCUT2D eigenvalue weighted by Crippen LogP contribution is -2.19. The average molecular weight is 528 g/mol. The van der Waals surface area contributed by atoms with E-state index in [9.17, 15) is 9.59 Å². The molecule has 0 N–H and O–H groups in total. The number of esters is 2. The highest BCUT2D eigenvalue weighted by Gasteiger charge is 2.15. The molecule has 3 atom stereocenters. The molecule has 0 aromatic heterocycles. The van der Waals surface area contributed by atoms with Crippen LogP contribution in [-0.2, 0) is 19.1 Å². The van der Waals surface area contributed by atoms with Gasteiger partial charge in [0.15, 0.2) is 0 Å². The lowest BCUT2D eigenvalue weighted by molar-refractivity contribution is -0.149. The molecule has 0 radical (unpaired) electrons. The Morgan fingerprint density at radius 3 is 1.75 bits per heavy atom. The molecule has 0 aromatic rings. The Kier molecular flexibility index (Phi) is 18.8. The Morgan fingerprint density at radius 2 is 1.21 bits per heavy atom. The molecule has 0 aliphatic heterocycles. The van der Waals surface area contributed by atoms with Gasteiger partial charge in [0.1, 0.15) is 6.10 Å². The number of ether oxygens (including phenoxy) is 2. The summed E-state index contributed by atoms with van der Waals surface area (Å²) in [6.45, 7) is 6.73. The molecule has 0 saturated heterocycles. The van der Waals surface area contributed by atoms with Gasteiger partial charge in [-0.3, -0.25) is 9.59 Å². The summed E-state index contributed by atoms with van der Waals surface area (Å²) in [7, 11) is 0. The Bertz CT molecular complexity index is 404. The Hall–Kier alpha value is -0.100. The van der Waals surface area contributed by atoms with Gasteiger partial charge in [0.25, 0.3) is 0 Å². The smallest absolute Gasteiger partial charge is 0.307 e. The number of carbonyl (C=O) groups is 2. The van der Waals surface area contributed by atoms with Crippen LogP contribution in [0.1, 0.15) is 104 Å². The first-order valence-electron chi connectivity index (χ1n) is 11.1. The number of unbranched alkanes of at least 4 members (excludes halogenated alkanes) is 6. The number of halogens is 2. The van der Waals surface area contributed by atoms with Gasteiger partial charge in [-0.2, -0.15) is 0 Å². The van der Waals surface area contributed by atoms with Gasteiger partial charge in [-0.05, 0) is 38.5 Å². The molecule has 0 spiro atoms. The molecule has 0 bridgehead atoms. The zero-order valence-electron chi connectivity index (χ0n) is 18.0. The molecule has 0 saturated carbocycles. The maximum absolute atomic E-state index is 11.9. The van der Waals surface area contributed by atoms with E-state index in [1.165, 1.54) is 25.7 Å². The summed E-state index contributed by atoms with van der Waals surface area (Å²) in [5, 5.41) is 0. The molecule has 0 aromatic carbocycles. The van der Waals surface area contributed by atoms with Gasteiger partial charge < -0.3 is 9.47 Å². The summed E-state index contributed by atoms with van der Waals surface area (Å²) in [4.78, 5) is 23.9. The van der Waals surface area contributed by atoms with Crippen molar-refractivity contribution in [3.05, 3.63) is 0 Å². The van der Waals surface area contributed by atoms with Crippen LogP contribution in [0.3, 0.4) is 0 Å². The van der Waals surface area contributed by atoms with Crippen LogP contribution in [-0.4, -0.2) is 34.3 Å². The zero-order chi connectivity index (χ0) is 21.2. The minimum absolute atomic E-state index is 0.0607. The van der Waals surface area contributed by atoms with Crippen molar-refractivity contribution in [3.8, 4) is 0 Å². The van der Waals surface area contributed by atoms with Gasteiger partial charge in [-0.15, -0.1) is 0 Å². The van der Waals surface area contributed by atoms with Gasteiger partial charge >= 0.3 is 11.9 Å². The molecule has 166 valence electrons. The fraction of sp³-hybridized carbons (Fsp3) is 0.909. The van der Waals surface area contributed by atoms with Crippen LogP contribution in [0, 0.1) is 0 Å². The summed E-state index contributed by atoms with van der Waals surface area (Å²) < 4.78 is 10.8. The number of hydrogen-bond acceptors (Lipinski definition) is 4. The van der Waals surface area contributed by atoms with Crippen molar-refractivity contribution in [1.82, 2.24) is 0 Å². The third-order valence-electron chi connectivity index (χ3n) is 4.85. The molecular formula is C22H40Br2O4. The summed E-state index contributed by atoms with van der Waals surface area (Å²) >= 11 is 6.94. The van der Waals surface area contributed by atoms with Crippen molar-refractivity contribution in [1.29, 1.82) is 0 Å². The molecule has 28 heavy (non-hydrogen) atoms. The van der Waals surface area contributed by atoms with Gasteiger partial charge in [0, 0.05) is 9.65 Å². The van der Waals surface area contributed by atoms with Crippen LogP contribution >= 0.6 is 31.9 Å². The van der Waals surface area contributed by atoms with Crippen LogP contribution in [0.2, 0.25) is 0 Å². The zero-order valence-corrected chi connectivity index (χ0v) is 21.2. The lowest BCUT2D eigenvalue weighted by Gasteiger charge is -2.17. The van der Waals surface area contributed by atoms with E-state index in [0.717, 1.165) is 44.9 Å². The highest BCUT2D eigenvalue weighted by molar-refractivity contribution is 9.09. The molecule has 3 unspecified atom stereocenters. The summed E-state index contributed by atoms with van der Waals surface area (Å²) in [5.74, 6) is -0.186. The van der Waals surface area contributed by atoms with Crippen LogP contribution in [0.25, 0.3) is 0 Å². The van der Waals surface area contributed by atoms with E-state index < -0.39 is 0 Å². The maximum atomic E-state index is 11.9. The quantitative estimate of drug-likeness (QED) is 0.108. The third kappa shape index (κ3) is 16.8. The molecule has 0 amide bonds. The summed E-state index contributed by atoms with van der Waals surface area (Å²) in [5.41, 5.74) is 0. The lowest BCUT2D eigenvalue weighted by atomic mass is 10.1. The normalized spacial score (nSPS) is 14.3. The number of alkyl halides is 2. The van der Waals surface area contributed by atoms with Crippen molar-refractivity contribution in [2.75, 3.05) is 6.61 Å². The first kappa shape index (κ1) is 27.9. The van der Waals surface area contributed by atoms with Crippen molar-refractivity contribution in [2.24, 2.45) is 0 Å². The van der Waals surface area contributed by atoms with E-state index in [0.29, 0.717) is 19.4 Å². The first-order valence-corrected chi connectivity index (χ1v) is 12.9. The second kappa shape index (κ2) is 18.9. The topological polar surface area (TPSA) is 52.6 Å². The van der Waals surface area contributed by atoms with E-state index in [-0.39, 0.29) is 27.7 Å². The van der Waals surface area contributed by atoms with E-state index in [1.807, 2.05) is 6.92 Å². The van der Waals surface area contributed by atoms with E-state index in [4.69, 9.17) is 9.47 Å². The predicted molar refractivity (Wildman–Crippen MR) is 123 cm³/mol. The largest absolute Gasteiger partial charge is 0.466 e. The minimum atomic E-state index is -0.101. The van der Waals surface area contributed by atoms with Crippen molar-refractivity contribution >= 4 is 43.8 Å². The fourth-order valence-corrected chi connectivity index (χ4v) is 3.36. The molecule has 4 nitrogen and oxygen atoms in total. The van der Waals surface area contributed by atoms with E-state index >= 15 is 0 Å². The number of rotatable bonds is 18. The molecule has 0 aliphatic carbocycles. The monoisotopic (exact) mass is 526 g/mol. The highest BCUT2D eigenvalue weighted by Crippen LogP contribution is 2.16. The van der Waals surface area contributed by atoms with Gasteiger partial charge in [0.05, 0.1) is 19.4 Å². The van der Waals surface area contributed by atoms with Crippen LogP contribution in [0.4, 0.5) is 0 Å². The highest BCUT2D eigenvalue weighted by atomic mass is 79.9. The molecular weight excluding hydrogens is 488 g/mol. The Morgan fingerprint density at radius 1 is 0.714 bits per heavy atom. The molecule has 0 heterocycles. The van der Waals surface area contributed by atoms with Crippen LogP contribution < -0.4 is 0 Å². The van der Waals surface area contributed by atoms with E-state index in [1.54, 1.807) is 0 Å². The van der Waals surface area contributed by atoms with Crippen molar-refractivity contribution in [2.45, 2.75) is 120 Å². The second-order valence-electron chi connectivity index (χ2n) is 7.42. The predicted octanol–water partition coefficient (Wildman–Crippen LogP) is 7.10. The van der Waals surface area contributed by atoms with E-state index in [2.05, 4.69) is 45.7 Å². The molecule has 0 aliphatic rings. The Balaban J connectivity index is 3.54. The SMILES string of the molecule is CCC(Br)CC(=O)OCCCCCCCCCC(CC)OC(=O)CC(Br)CC. The standard InChI is InChI=1S/C22H40Br2O4/c1-4-18(23)16-21(25)27-15-13-11-9-7-8-10-12-14-20(6-3)28-22(26)17-19(24)5-2/h18-20H,4-17H2,1-3H3. The Labute approximate surface area is 189 Å². The fourth-order valence-electron chi connectivity index (χ4n) is 2.83. The van der Waals surface area contributed by atoms with Crippen LogP contribution in [0.15, 0.2) is 0 Å². The molecule has 0 fully saturated rings. The average Bonchev–Trinajstić information content (AvgIpc) is 2.67. The van der Waals surface area contributed by atoms with Gasteiger partial charge in [-0.25, -0.2) is 0 Å². The first-order chi connectivity index (χ1) is 13.4. The van der Waals surface area contributed by atoms with Crippen molar-refractivity contribution < 1.29 is 19.1 Å². The third-order valence-corrected chi connectivity index (χ3v) is 6.79. The summed E-state index contributed by atoms with van der Waals surface area (Å²) in [6, 6.07) is 0.